The first-order chi connectivity index (χ1) is 10.7. The molecule has 0 bridgehead atoms. The summed E-state index contributed by atoms with van der Waals surface area (Å²) in [7, 11) is 0. The minimum Gasteiger partial charge on any atom is -0.508 e. The van der Waals surface area contributed by atoms with Gasteiger partial charge in [-0.1, -0.05) is 42.8 Å². The minimum atomic E-state index is -0.912. The first-order valence-electron chi connectivity index (χ1n) is 8.19. The van der Waals surface area contributed by atoms with Crippen molar-refractivity contribution in [3.63, 3.8) is 0 Å². The number of ketones is 1. The Hall–Kier alpha value is -1.13. The van der Waals surface area contributed by atoms with Gasteiger partial charge in [-0.2, -0.15) is 0 Å². The highest BCUT2D eigenvalue weighted by Crippen LogP contribution is 2.44. The monoisotopic (exact) mass is 380 g/mol. The Balaban J connectivity index is 2.75. The van der Waals surface area contributed by atoms with Gasteiger partial charge in [-0.05, 0) is 56.4 Å². The number of aliphatic hydroxyl groups excluding tert-OH is 1. The van der Waals surface area contributed by atoms with Gasteiger partial charge in [0.05, 0.1) is 5.57 Å². The molecule has 0 aromatic heterocycles. The van der Waals surface area contributed by atoms with E-state index in [0.29, 0.717) is 18.4 Å². The number of hydrogen-bond acceptors (Lipinski definition) is 3. The summed E-state index contributed by atoms with van der Waals surface area (Å²) in [6.07, 6.45) is 1.95. The Labute approximate surface area is 146 Å². The van der Waals surface area contributed by atoms with E-state index in [4.69, 9.17) is 4.74 Å². The summed E-state index contributed by atoms with van der Waals surface area (Å²) in [6, 6.07) is 5.82. The first-order valence-corrected chi connectivity index (χ1v) is 8.99. The highest BCUT2D eigenvalue weighted by molar-refractivity contribution is 9.10. The standard InChI is InChI=1S/C19H25BrO3/c1-6-12-11-13(20)9-10-14(12)15-16(21)18(4,7-2)23-19(5,8-3)17(15)22/h9-11,21H,6-8H2,1-5H3. The Morgan fingerprint density at radius 3 is 2.26 bits per heavy atom. The number of carbonyl (C=O) groups is 1. The van der Waals surface area contributed by atoms with Crippen molar-refractivity contribution in [1.82, 2.24) is 0 Å². The third kappa shape index (κ3) is 2.99. The quantitative estimate of drug-likeness (QED) is 0.778. The first kappa shape index (κ1) is 18.2. The molecule has 0 saturated heterocycles. The van der Waals surface area contributed by atoms with E-state index in [2.05, 4.69) is 15.9 Å². The van der Waals surface area contributed by atoms with Crippen molar-refractivity contribution >= 4 is 27.3 Å². The number of hydrogen-bond donors (Lipinski definition) is 1. The molecular formula is C19H25BrO3. The third-order valence-corrected chi connectivity index (χ3v) is 5.46. The molecule has 1 aromatic rings. The summed E-state index contributed by atoms with van der Waals surface area (Å²) in [5.41, 5.74) is 0.500. The summed E-state index contributed by atoms with van der Waals surface area (Å²) in [5, 5.41) is 10.9. The van der Waals surface area contributed by atoms with Crippen LogP contribution in [0.3, 0.4) is 0 Å². The van der Waals surface area contributed by atoms with Gasteiger partial charge in [0.25, 0.3) is 0 Å². The Morgan fingerprint density at radius 1 is 1.13 bits per heavy atom. The van der Waals surface area contributed by atoms with Crippen LogP contribution in [-0.2, 0) is 16.0 Å². The largest absolute Gasteiger partial charge is 0.508 e. The fraction of sp³-hybridized carbons (Fsp3) is 0.526. The number of Topliss-reactive ketones (excluding diaryl/α,β-unsaturated/α-hetero) is 1. The topological polar surface area (TPSA) is 46.5 Å². The van der Waals surface area contributed by atoms with Gasteiger partial charge >= 0.3 is 0 Å². The van der Waals surface area contributed by atoms with Crippen molar-refractivity contribution in [3.05, 3.63) is 39.6 Å². The normalized spacial score (nSPS) is 28.3. The van der Waals surface area contributed by atoms with Gasteiger partial charge in [0.1, 0.15) is 17.0 Å². The molecule has 1 aromatic carbocycles. The van der Waals surface area contributed by atoms with E-state index < -0.39 is 11.2 Å². The van der Waals surface area contributed by atoms with Gasteiger partial charge in [0.15, 0.2) is 5.78 Å². The van der Waals surface area contributed by atoms with Crippen molar-refractivity contribution < 1.29 is 14.6 Å². The summed E-state index contributed by atoms with van der Waals surface area (Å²) in [6.45, 7) is 9.62. The lowest BCUT2D eigenvalue weighted by atomic mass is 9.78. The molecule has 23 heavy (non-hydrogen) atoms. The molecule has 2 rings (SSSR count). The second-order valence-electron chi connectivity index (χ2n) is 6.48. The zero-order chi connectivity index (χ0) is 17.4. The van der Waals surface area contributed by atoms with Crippen LogP contribution in [0.1, 0.15) is 58.6 Å². The van der Waals surface area contributed by atoms with Crippen LogP contribution in [0.25, 0.3) is 5.57 Å². The lowest BCUT2D eigenvalue weighted by Gasteiger charge is -2.43. The number of aliphatic hydroxyl groups is 1. The van der Waals surface area contributed by atoms with Crippen molar-refractivity contribution in [1.29, 1.82) is 0 Å². The number of ether oxygens (including phenoxy) is 1. The van der Waals surface area contributed by atoms with Crippen molar-refractivity contribution in [2.24, 2.45) is 0 Å². The lowest BCUT2D eigenvalue weighted by molar-refractivity contribution is -0.167. The molecule has 2 unspecified atom stereocenters. The Kier molecular flexibility index (Phi) is 5.07. The molecule has 1 N–H and O–H groups in total. The molecule has 2 atom stereocenters. The van der Waals surface area contributed by atoms with Gasteiger partial charge in [-0.25, -0.2) is 0 Å². The molecule has 0 fully saturated rings. The van der Waals surface area contributed by atoms with Crippen LogP contribution in [0.4, 0.5) is 0 Å². The van der Waals surface area contributed by atoms with E-state index in [1.54, 1.807) is 0 Å². The maximum atomic E-state index is 13.1. The van der Waals surface area contributed by atoms with E-state index in [9.17, 15) is 9.90 Å². The molecule has 0 saturated carbocycles. The molecule has 1 aliphatic heterocycles. The maximum absolute atomic E-state index is 13.1. The van der Waals surface area contributed by atoms with Crippen LogP contribution >= 0.6 is 15.9 Å². The Bertz CT molecular complexity index is 665. The van der Waals surface area contributed by atoms with Crippen LogP contribution in [0, 0.1) is 0 Å². The van der Waals surface area contributed by atoms with Gasteiger partial charge in [0, 0.05) is 4.47 Å². The number of rotatable bonds is 4. The molecule has 0 aliphatic carbocycles. The van der Waals surface area contributed by atoms with Gasteiger partial charge in [-0.15, -0.1) is 0 Å². The van der Waals surface area contributed by atoms with Gasteiger partial charge in [0.2, 0.25) is 0 Å². The molecule has 0 amide bonds. The van der Waals surface area contributed by atoms with E-state index in [-0.39, 0.29) is 11.5 Å². The number of carbonyl (C=O) groups excluding carboxylic acids is 1. The smallest absolute Gasteiger partial charge is 0.198 e. The minimum absolute atomic E-state index is 0.0490. The highest BCUT2D eigenvalue weighted by atomic mass is 79.9. The predicted molar refractivity (Wildman–Crippen MR) is 96.6 cm³/mol. The van der Waals surface area contributed by atoms with Crippen LogP contribution in [0.15, 0.2) is 28.4 Å². The average molecular weight is 381 g/mol. The average Bonchev–Trinajstić information content (AvgIpc) is 2.54. The zero-order valence-corrected chi connectivity index (χ0v) is 16.1. The van der Waals surface area contributed by atoms with E-state index >= 15 is 0 Å². The fourth-order valence-electron chi connectivity index (χ4n) is 3.05. The molecule has 3 nitrogen and oxygen atoms in total. The molecule has 0 radical (unpaired) electrons. The Morgan fingerprint density at radius 2 is 1.74 bits per heavy atom. The zero-order valence-electron chi connectivity index (χ0n) is 14.5. The van der Waals surface area contributed by atoms with Crippen LogP contribution < -0.4 is 0 Å². The second kappa shape index (κ2) is 6.40. The van der Waals surface area contributed by atoms with Gasteiger partial charge < -0.3 is 9.84 Å². The number of aryl methyl sites for hydroxylation is 1. The molecule has 0 spiro atoms. The van der Waals surface area contributed by atoms with E-state index in [1.807, 2.05) is 52.8 Å². The van der Waals surface area contributed by atoms with Crippen LogP contribution in [0.5, 0.6) is 0 Å². The predicted octanol–water partition coefficient (Wildman–Crippen LogP) is 5.22. The lowest BCUT2D eigenvalue weighted by Crippen LogP contribution is -2.52. The summed E-state index contributed by atoms with van der Waals surface area (Å²) in [5.74, 6) is -0.0894. The maximum Gasteiger partial charge on any atom is 0.198 e. The van der Waals surface area contributed by atoms with Gasteiger partial charge in [-0.3, -0.25) is 4.79 Å². The second-order valence-corrected chi connectivity index (χ2v) is 7.39. The third-order valence-electron chi connectivity index (χ3n) is 4.96. The molecule has 4 heteroatoms. The highest BCUT2D eigenvalue weighted by Gasteiger charge is 2.50. The fourth-order valence-corrected chi connectivity index (χ4v) is 3.46. The molecular weight excluding hydrogens is 356 g/mol. The molecule has 1 aliphatic rings. The summed E-state index contributed by atoms with van der Waals surface area (Å²) < 4.78 is 7.03. The SMILES string of the molecule is CCc1cc(Br)ccc1C1=C(O)C(C)(CC)OC(C)(CC)C1=O. The van der Waals surface area contributed by atoms with Crippen LogP contribution in [-0.4, -0.2) is 22.1 Å². The van der Waals surface area contributed by atoms with E-state index in [0.717, 1.165) is 22.0 Å². The van der Waals surface area contributed by atoms with Crippen molar-refractivity contribution in [2.75, 3.05) is 0 Å². The number of benzene rings is 1. The van der Waals surface area contributed by atoms with Crippen LogP contribution in [0.2, 0.25) is 0 Å². The van der Waals surface area contributed by atoms with Crippen molar-refractivity contribution in [2.45, 2.75) is 65.1 Å². The van der Waals surface area contributed by atoms with E-state index in [1.165, 1.54) is 0 Å². The number of halogens is 1. The summed E-state index contributed by atoms with van der Waals surface area (Å²) in [4.78, 5) is 13.1. The summed E-state index contributed by atoms with van der Waals surface area (Å²) >= 11 is 3.48. The molecule has 126 valence electrons. The molecule has 1 heterocycles. The van der Waals surface area contributed by atoms with Crippen molar-refractivity contribution in [3.8, 4) is 0 Å².